The summed E-state index contributed by atoms with van der Waals surface area (Å²) in [6.07, 6.45) is 0. The lowest BCUT2D eigenvalue weighted by molar-refractivity contribution is 1.17. The fourth-order valence-corrected chi connectivity index (χ4v) is 2.03. The molecule has 0 bridgehead atoms. The summed E-state index contributed by atoms with van der Waals surface area (Å²) in [5.74, 6) is 0. The highest BCUT2D eigenvalue weighted by atomic mass is 127. The number of hydrogen-bond donors (Lipinski definition) is 1. The third-order valence-corrected chi connectivity index (χ3v) is 2.68. The van der Waals surface area contributed by atoms with E-state index >= 15 is 0 Å². The van der Waals surface area contributed by atoms with Crippen LogP contribution in [-0.2, 0) is 0 Å². The smallest absolute Gasteiger partial charge is 0.0753 e. The van der Waals surface area contributed by atoms with Gasteiger partial charge in [-0.2, -0.15) is 0 Å². The molecule has 0 aromatic heterocycles. The molecule has 1 nitrogen and oxygen atoms in total. The zero-order chi connectivity index (χ0) is 11.4. The van der Waals surface area contributed by atoms with Crippen LogP contribution in [0.2, 0.25) is 0 Å². The predicted octanol–water partition coefficient (Wildman–Crippen LogP) is 4.55. The molecule has 2 heteroatoms. The molecule has 0 spiro atoms. The molecule has 0 saturated carbocycles. The molecule has 0 radical (unpaired) electrons. The molecule has 0 aliphatic rings. The van der Waals surface area contributed by atoms with Crippen LogP contribution in [0.25, 0.3) is 11.1 Å². The van der Waals surface area contributed by atoms with Crippen LogP contribution >= 0.6 is 22.6 Å². The van der Waals surface area contributed by atoms with Gasteiger partial charge in [0.25, 0.3) is 0 Å². The number of anilines is 1. The summed E-state index contributed by atoms with van der Waals surface area (Å²) in [4.78, 5) is 0. The van der Waals surface area contributed by atoms with Crippen molar-refractivity contribution in [3.05, 3.63) is 54.6 Å². The summed E-state index contributed by atoms with van der Waals surface area (Å²) >= 11 is 2.37. The van der Waals surface area contributed by atoms with Crippen LogP contribution in [0, 0.1) is 0 Å². The second-order valence-electron chi connectivity index (χ2n) is 3.67. The average molecular weight is 323 g/mol. The van der Waals surface area contributed by atoms with Crippen molar-refractivity contribution in [1.82, 2.24) is 0 Å². The van der Waals surface area contributed by atoms with Gasteiger partial charge in [0.15, 0.2) is 0 Å². The first-order valence-electron chi connectivity index (χ1n) is 5.32. The normalized spacial score (nSPS) is 12.1. The van der Waals surface area contributed by atoms with Crippen molar-refractivity contribution in [2.75, 3.05) is 5.32 Å². The van der Waals surface area contributed by atoms with Crippen LogP contribution in [0.15, 0.2) is 54.6 Å². The Balaban J connectivity index is 2.41. The van der Waals surface area contributed by atoms with Gasteiger partial charge in [-0.05, 0) is 18.6 Å². The molecule has 2 rings (SSSR count). The second kappa shape index (κ2) is 5.34. The van der Waals surface area contributed by atoms with Gasteiger partial charge in [0, 0.05) is 11.3 Å². The Bertz CT molecular complexity index is 451. The summed E-state index contributed by atoms with van der Waals surface area (Å²) < 4.78 is 0.419. The van der Waals surface area contributed by atoms with Crippen LogP contribution in [0.5, 0.6) is 0 Å². The SMILES string of the molecule is CC(I)Nc1ccccc1-c1ccccc1. The summed E-state index contributed by atoms with van der Waals surface area (Å²) in [7, 11) is 0. The molecule has 0 aliphatic heterocycles. The van der Waals surface area contributed by atoms with E-state index in [1.165, 1.54) is 16.8 Å². The second-order valence-corrected chi connectivity index (χ2v) is 5.54. The maximum Gasteiger partial charge on any atom is 0.0753 e. The highest BCUT2D eigenvalue weighted by Crippen LogP contribution is 2.28. The van der Waals surface area contributed by atoms with Gasteiger partial charge in [-0.15, -0.1) is 0 Å². The van der Waals surface area contributed by atoms with E-state index in [0.29, 0.717) is 4.05 Å². The van der Waals surface area contributed by atoms with E-state index in [1.807, 2.05) is 6.07 Å². The number of nitrogens with one attached hydrogen (secondary N) is 1. The minimum atomic E-state index is 0.419. The van der Waals surface area contributed by atoms with Gasteiger partial charge in [-0.1, -0.05) is 71.1 Å². The molecule has 0 heterocycles. The highest BCUT2D eigenvalue weighted by Gasteiger charge is 2.04. The van der Waals surface area contributed by atoms with E-state index in [9.17, 15) is 0 Å². The Labute approximate surface area is 110 Å². The van der Waals surface area contributed by atoms with E-state index in [4.69, 9.17) is 0 Å². The van der Waals surface area contributed by atoms with Crippen LogP contribution in [0.3, 0.4) is 0 Å². The van der Waals surface area contributed by atoms with Crippen molar-refractivity contribution < 1.29 is 0 Å². The maximum absolute atomic E-state index is 3.46. The molecule has 82 valence electrons. The fraction of sp³-hybridized carbons (Fsp3) is 0.143. The van der Waals surface area contributed by atoms with Gasteiger partial charge in [-0.3, -0.25) is 0 Å². The van der Waals surface area contributed by atoms with Crippen molar-refractivity contribution in [3.8, 4) is 11.1 Å². The van der Waals surface area contributed by atoms with Crippen LogP contribution in [0.4, 0.5) is 5.69 Å². The number of halogens is 1. The third-order valence-electron chi connectivity index (χ3n) is 2.37. The zero-order valence-electron chi connectivity index (χ0n) is 9.15. The summed E-state index contributed by atoms with van der Waals surface area (Å²) in [6.45, 7) is 2.14. The van der Waals surface area contributed by atoms with E-state index in [-0.39, 0.29) is 0 Å². The lowest BCUT2D eigenvalue weighted by Crippen LogP contribution is -2.06. The molecule has 1 atom stereocenters. The number of alkyl halides is 1. The monoisotopic (exact) mass is 323 g/mol. The van der Waals surface area contributed by atoms with E-state index < -0.39 is 0 Å². The molecule has 1 N–H and O–H groups in total. The first-order valence-corrected chi connectivity index (χ1v) is 6.57. The van der Waals surface area contributed by atoms with Crippen LogP contribution < -0.4 is 5.32 Å². The fourth-order valence-electron chi connectivity index (χ4n) is 1.69. The molecule has 16 heavy (non-hydrogen) atoms. The number of para-hydroxylation sites is 1. The standard InChI is InChI=1S/C14H14IN/c1-11(15)16-14-10-6-5-9-13(14)12-7-3-2-4-8-12/h2-11,16H,1H3. The van der Waals surface area contributed by atoms with Gasteiger partial charge in [0.05, 0.1) is 4.05 Å². The van der Waals surface area contributed by atoms with Gasteiger partial charge < -0.3 is 5.32 Å². The average Bonchev–Trinajstić information content (AvgIpc) is 2.30. The van der Waals surface area contributed by atoms with Gasteiger partial charge >= 0.3 is 0 Å². The predicted molar refractivity (Wildman–Crippen MR) is 79.0 cm³/mol. The van der Waals surface area contributed by atoms with Gasteiger partial charge in [0.2, 0.25) is 0 Å². The Morgan fingerprint density at radius 3 is 2.25 bits per heavy atom. The minimum absolute atomic E-state index is 0.419. The maximum atomic E-state index is 3.46. The third kappa shape index (κ3) is 2.76. The molecule has 0 amide bonds. The topological polar surface area (TPSA) is 12.0 Å². The summed E-state index contributed by atoms with van der Waals surface area (Å²) in [5.41, 5.74) is 3.70. The van der Waals surface area contributed by atoms with E-state index in [0.717, 1.165) is 0 Å². The molecular formula is C14H14IN. The molecule has 1 unspecified atom stereocenters. The van der Waals surface area contributed by atoms with Crippen molar-refractivity contribution in [2.24, 2.45) is 0 Å². The van der Waals surface area contributed by atoms with Crippen LogP contribution in [-0.4, -0.2) is 4.05 Å². The lowest BCUT2D eigenvalue weighted by Gasteiger charge is -2.13. The number of benzene rings is 2. The van der Waals surface area contributed by atoms with E-state index in [2.05, 4.69) is 83.4 Å². The number of hydrogen-bond acceptors (Lipinski definition) is 1. The molecule has 2 aromatic carbocycles. The number of rotatable bonds is 3. The first kappa shape index (κ1) is 11.5. The van der Waals surface area contributed by atoms with Crippen molar-refractivity contribution in [3.63, 3.8) is 0 Å². The Morgan fingerprint density at radius 2 is 1.56 bits per heavy atom. The van der Waals surface area contributed by atoms with Crippen molar-refractivity contribution in [1.29, 1.82) is 0 Å². The molecular weight excluding hydrogens is 309 g/mol. The zero-order valence-corrected chi connectivity index (χ0v) is 11.3. The largest absolute Gasteiger partial charge is 0.373 e. The van der Waals surface area contributed by atoms with Gasteiger partial charge in [0.1, 0.15) is 0 Å². The van der Waals surface area contributed by atoms with Crippen molar-refractivity contribution >= 4 is 28.3 Å². The molecule has 0 aliphatic carbocycles. The first-order chi connectivity index (χ1) is 7.77. The Morgan fingerprint density at radius 1 is 0.938 bits per heavy atom. The highest BCUT2D eigenvalue weighted by molar-refractivity contribution is 14.1. The van der Waals surface area contributed by atoms with Gasteiger partial charge in [-0.25, -0.2) is 0 Å². The lowest BCUT2D eigenvalue weighted by atomic mass is 10.0. The quantitative estimate of drug-likeness (QED) is 0.496. The summed E-state index contributed by atoms with van der Waals surface area (Å²) in [5, 5.41) is 3.46. The minimum Gasteiger partial charge on any atom is -0.373 e. The van der Waals surface area contributed by atoms with Crippen LogP contribution in [0.1, 0.15) is 6.92 Å². The Hall–Kier alpha value is -1.03. The Kier molecular flexibility index (Phi) is 3.83. The van der Waals surface area contributed by atoms with Crippen molar-refractivity contribution in [2.45, 2.75) is 11.0 Å². The molecule has 2 aromatic rings. The molecule has 0 saturated heterocycles. The summed E-state index contributed by atoms with van der Waals surface area (Å²) in [6, 6.07) is 18.9. The van der Waals surface area contributed by atoms with E-state index in [1.54, 1.807) is 0 Å². The molecule has 0 fully saturated rings.